The summed E-state index contributed by atoms with van der Waals surface area (Å²) >= 11 is 1.67. The van der Waals surface area contributed by atoms with Crippen LogP contribution in [0.3, 0.4) is 0 Å². The Balaban J connectivity index is 1.79. The highest BCUT2D eigenvalue weighted by molar-refractivity contribution is 7.98. The summed E-state index contributed by atoms with van der Waals surface area (Å²) in [4.78, 5) is 26.4. The molecular weight excluding hydrogens is 348 g/mol. The lowest BCUT2D eigenvalue weighted by Crippen LogP contribution is -2.36. The van der Waals surface area contributed by atoms with Crippen molar-refractivity contribution in [2.75, 3.05) is 42.3 Å². The van der Waals surface area contributed by atoms with E-state index in [9.17, 15) is 9.59 Å². The Labute approximate surface area is 160 Å². The molecule has 1 aliphatic heterocycles. The Morgan fingerprint density at radius 3 is 2.23 bits per heavy atom. The lowest BCUT2D eigenvalue weighted by molar-refractivity contribution is -0.118. The van der Waals surface area contributed by atoms with Gasteiger partial charge < -0.3 is 16.4 Å². The first-order valence-electron chi connectivity index (χ1n) is 9.26. The molecule has 7 heteroatoms. The van der Waals surface area contributed by atoms with E-state index in [4.69, 9.17) is 5.73 Å². The highest BCUT2D eigenvalue weighted by Gasteiger charge is 2.14. The maximum Gasteiger partial charge on any atom is 0.241 e. The first-order chi connectivity index (χ1) is 12.6. The van der Waals surface area contributed by atoms with Crippen LogP contribution in [0.5, 0.6) is 0 Å². The largest absolute Gasteiger partial charge is 0.325 e. The number of likely N-dealkylation sites (tertiary alicyclic amines) is 1. The molecule has 144 valence electrons. The molecule has 0 spiro atoms. The van der Waals surface area contributed by atoms with Gasteiger partial charge in [0.15, 0.2) is 0 Å². The van der Waals surface area contributed by atoms with Crippen molar-refractivity contribution in [3.05, 3.63) is 24.3 Å². The van der Waals surface area contributed by atoms with Crippen LogP contribution in [0.2, 0.25) is 0 Å². The third-order valence-corrected chi connectivity index (χ3v) is 5.12. The van der Waals surface area contributed by atoms with Gasteiger partial charge in [0.1, 0.15) is 0 Å². The molecule has 1 atom stereocenters. The van der Waals surface area contributed by atoms with Crippen LogP contribution < -0.4 is 16.4 Å². The van der Waals surface area contributed by atoms with Gasteiger partial charge in [0.05, 0.1) is 12.6 Å². The van der Waals surface area contributed by atoms with Crippen LogP contribution in [0.4, 0.5) is 11.4 Å². The molecule has 0 aliphatic carbocycles. The van der Waals surface area contributed by atoms with Gasteiger partial charge in [-0.2, -0.15) is 11.8 Å². The summed E-state index contributed by atoms with van der Waals surface area (Å²) in [6, 6.07) is 6.64. The number of nitrogens with two attached hydrogens (primary N) is 1. The minimum atomic E-state index is -0.504. The molecule has 1 saturated heterocycles. The molecule has 0 radical (unpaired) electrons. The molecule has 0 saturated carbocycles. The van der Waals surface area contributed by atoms with E-state index in [1.807, 2.05) is 6.26 Å². The van der Waals surface area contributed by atoms with Crippen LogP contribution in [0.25, 0.3) is 0 Å². The monoisotopic (exact) mass is 378 g/mol. The molecule has 0 unspecified atom stereocenters. The minimum absolute atomic E-state index is 0.00257. The number of hydrogen-bond acceptors (Lipinski definition) is 5. The molecule has 2 amide bonds. The van der Waals surface area contributed by atoms with E-state index in [2.05, 4.69) is 15.5 Å². The van der Waals surface area contributed by atoms with Crippen molar-refractivity contribution in [2.24, 2.45) is 5.73 Å². The SMILES string of the molecule is CSCC[C@H](N)C(=O)Nc1ccc(NC(=O)CN2CCCCCC2)cc1. The molecule has 26 heavy (non-hydrogen) atoms. The van der Waals surface area contributed by atoms with Crippen molar-refractivity contribution in [1.82, 2.24) is 4.90 Å². The number of hydrogen-bond donors (Lipinski definition) is 3. The van der Waals surface area contributed by atoms with E-state index in [0.717, 1.165) is 24.5 Å². The average Bonchev–Trinajstić information content (AvgIpc) is 2.89. The Hall–Kier alpha value is -1.57. The summed E-state index contributed by atoms with van der Waals surface area (Å²) in [5.41, 5.74) is 7.27. The third kappa shape index (κ3) is 7.35. The molecule has 1 aromatic carbocycles. The summed E-state index contributed by atoms with van der Waals surface area (Å²) in [5, 5.41) is 5.73. The van der Waals surface area contributed by atoms with E-state index in [-0.39, 0.29) is 11.8 Å². The minimum Gasteiger partial charge on any atom is -0.325 e. The second kappa shape index (κ2) is 11.2. The highest BCUT2D eigenvalue weighted by Crippen LogP contribution is 2.15. The fourth-order valence-electron chi connectivity index (χ4n) is 2.95. The van der Waals surface area contributed by atoms with Gasteiger partial charge in [-0.25, -0.2) is 0 Å². The van der Waals surface area contributed by atoms with Crippen molar-refractivity contribution >= 4 is 35.0 Å². The van der Waals surface area contributed by atoms with Gasteiger partial charge in [-0.3, -0.25) is 14.5 Å². The molecular formula is C19H30N4O2S. The Bertz CT molecular complexity index is 571. The van der Waals surface area contributed by atoms with Crippen LogP contribution in [-0.4, -0.2) is 54.4 Å². The Morgan fingerprint density at radius 2 is 1.65 bits per heavy atom. The van der Waals surface area contributed by atoms with Crippen molar-refractivity contribution in [3.8, 4) is 0 Å². The van der Waals surface area contributed by atoms with E-state index in [0.29, 0.717) is 18.7 Å². The van der Waals surface area contributed by atoms with Crippen LogP contribution >= 0.6 is 11.8 Å². The van der Waals surface area contributed by atoms with Gasteiger partial charge in [-0.05, 0) is 68.6 Å². The average molecular weight is 379 g/mol. The third-order valence-electron chi connectivity index (χ3n) is 4.47. The number of carbonyl (C=O) groups is 2. The summed E-state index contributed by atoms with van der Waals surface area (Å²) in [6.45, 7) is 2.42. The van der Waals surface area contributed by atoms with Gasteiger partial charge in [0.25, 0.3) is 0 Å². The quantitative estimate of drug-likeness (QED) is 0.647. The molecule has 2 rings (SSSR count). The first kappa shape index (κ1) is 20.7. The lowest BCUT2D eigenvalue weighted by Gasteiger charge is -2.19. The summed E-state index contributed by atoms with van der Waals surface area (Å²) in [5.74, 6) is 0.677. The second-order valence-electron chi connectivity index (χ2n) is 6.69. The number of carbonyl (C=O) groups excluding carboxylic acids is 2. The number of nitrogens with one attached hydrogen (secondary N) is 2. The topological polar surface area (TPSA) is 87.5 Å². The molecule has 6 nitrogen and oxygen atoms in total. The number of nitrogens with zero attached hydrogens (tertiary/aromatic N) is 1. The van der Waals surface area contributed by atoms with E-state index in [1.54, 1.807) is 36.0 Å². The lowest BCUT2D eigenvalue weighted by atomic mass is 10.2. The van der Waals surface area contributed by atoms with Crippen molar-refractivity contribution < 1.29 is 9.59 Å². The summed E-state index contributed by atoms with van der Waals surface area (Å²) in [7, 11) is 0. The fraction of sp³-hybridized carbons (Fsp3) is 0.579. The van der Waals surface area contributed by atoms with Gasteiger partial charge in [0.2, 0.25) is 11.8 Å². The molecule has 1 heterocycles. The van der Waals surface area contributed by atoms with Crippen LogP contribution in [0.1, 0.15) is 32.1 Å². The van der Waals surface area contributed by atoms with Crippen molar-refractivity contribution in [2.45, 2.75) is 38.1 Å². The van der Waals surface area contributed by atoms with E-state index in [1.165, 1.54) is 25.7 Å². The number of thioether (sulfide) groups is 1. The zero-order chi connectivity index (χ0) is 18.8. The van der Waals surface area contributed by atoms with Gasteiger partial charge in [0, 0.05) is 11.4 Å². The molecule has 1 aliphatic rings. The second-order valence-corrected chi connectivity index (χ2v) is 7.68. The number of benzene rings is 1. The number of rotatable bonds is 8. The normalized spacial score (nSPS) is 16.5. The predicted octanol–water partition coefficient (Wildman–Crippen LogP) is 2.52. The van der Waals surface area contributed by atoms with Crippen molar-refractivity contribution in [1.29, 1.82) is 0 Å². The summed E-state index contributed by atoms with van der Waals surface area (Å²) < 4.78 is 0. The standard InChI is InChI=1S/C19H30N4O2S/c1-26-13-10-17(20)19(25)22-16-8-6-15(7-9-16)21-18(24)14-23-11-4-2-3-5-12-23/h6-9,17H,2-5,10-14,20H2,1H3,(H,21,24)(H,22,25)/t17-/m0/s1. The maximum absolute atomic E-state index is 12.2. The van der Waals surface area contributed by atoms with Crippen molar-refractivity contribution in [3.63, 3.8) is 0 Å². The Kier molecular flexibility index (Phi) is 8.94. The molecule has 4 N–H and O–H groups in total. The molecule has 0 aromatic heterocycles. The fourth-order valence-corrected chi connectivity index (χ4v) is 3.44. The number of amides is 2. The van der Waals surface area contributed by atoms with E-state index < -0.39 is 6.04 Å². The molecule has 0 bridgehead atoms. The van der Waals surface area contributed by atoms with Crippen LogP contribution in [-0.2, 0) is 9.59 Å². The summed E-state index contributed by atoms with van der Waals surface area (Å²) in [6.07, 6.45) is 7.49. The Morgan fingerprint density at radius 1 is 1.08 bits per heavy atom. The zero-order valence-electron chi connectivity index (χ0n) is 15.5. The zero-order valence-corrected chi connectivity index (χ0v) is 16.3. The predicted molar refractivity (Wildman–Crippen MR) is 110 cm³/mol. The smallest absolute Gasteiger partial charge is 0.241 e. The first-order valence-corrected chi connectivity index (χ1v) is 10.7. The van der Waals surface area contributed by atoms with Crippen LogP contribution in [0, 0.1) is 0 Å². The maximum atomic E-state index is 12.2. The van der Waals surface area contributed by atoms with Gasteiger partial charge in [-0.1, -0.05) is 12.8 Å². The molecule has 1 aromatic rings. The van der Waals surface area contributed by atoms with E-state index >= 15 is 0 Å². The van der Waals surface area contributed by atoms with Crippen LogP contribution in [0.15, 0.2) is 24.3 Å². The van der Waals surface area contributed by atoms with Gasteiger partial charge in [-0.15, -0.1) is 0 Å². The number of anilines is 2. The molecule has 1 fully saturated rings. The van der Waals surface area contributed by atoms with Gasteiger partial charge >= 0.3 is 0 Å². The highest BCUT2D eigenvalue weighted by atomic mass is 32.2.